The quantitative estimate of drug-likeness (QED) is 0.457. The molecule has 0 radical (unpaired) electrons. The topological polar surface area (TPSA) is 88.6 Å². The molecular weight excluding hydrogens is 380 g/mol. The summed E-state index contributed by atoms with van der Waals surface area (Å²) in [7, 11) is 1.59. The van der Waals surface area contributed by atoms with Gasteiger partial charge in [0, 0.05) is 11.1 Å². The normalized spacial score (nSPS) is 11.5. The zero-order chi connectivity index (χ0) is 21.6. The lowest BCUT2D eigenvalue weighted by molar-refractivity contribution is 0.0950. The molecule has 0 aliphatic rings. The van der Waals surface area contributed by atoms with Gasteiger partial charge in [-0.25, -0.2) is 5.43 Å². The Kier molecular flexibility index (Phi) is 6.51. The Balaban J connectivity index is 1.65. The van der Waals surface area contributed by atoms with Gasteiger partial charge in [0.05, 0.1) is 13.3 Å². The number of carbonyl (C=O) groups is 1. The molecule has 0 aliphatic carbocycles. The third-order valence-electron chi connectivity index (χ3n) is 4.42. The molecule has 7 heteroatoms. The summed E-state index contributed by atoms with van der Waals surface area (Å²) >= 11 is 0. The summed E-state index contributed by atoms with van der Waals surface area (Å²) in [4.78, 5) is 12.2. The first-order valence-corrected chi connectivity index (χ1v) is 9.61. The number of carbonyl (C=O) groups excluding carboxylic acids is 1. The molecule has 3 aromatic rings. The van der Waals surface area contributed by atoms with Crippen LogP contribution in [0.15, 0.2) is 59.7 Å². The monoisotopic (exact) mass is 406 g/mol. The van der Waals surface area contributed by atoms with Gasteiger partial charge in [0.1, 0.15) is 6.61 Å². The number of methoxy groups -OCH3 is 1. The number of hydrazone groups is 1. The molecule has 2 aromatic carbocycles. The summed E-state index contributed by atoms with van der Waals surface area (Å²) in [6.45, 7) is 6.55. The summed E-state index contributed by atoms with van der Waals surface area (Å²) in [5.74, 6) is 0.837. The van der Waals surface area contributed by atoms with Gasteiger partial charge in [-0.15, -0.1) is 0 Å². The maximum atomic E-state index is 12.2. The predicted octanol–water partition coefficient (Wildman–Crippen LogP) is 4.06. The number of H-pyrrole nitrogens is 1. The van der Waals surface area contributed by atoms with Gasteiger partial charge in [0.2, 0.25) is 0 Å². The van der Waals surface area contributed by atoms with Crippen molar-refractivity contribution < 1.29 is 14.3 Å². The molecule has 156 valence electrons. The Morgan fingerprint density at radius 1 is 1.13 bits per heavy atom. The molecule has 0 atom stereocenters. The van der Waals surface area contributed by atoms with E-state index in [9.17, 15) is 4.79 Å². The van der Waals surface area contributed by atoms with Gasteiger partial charge in [-0.2, -0.15) is 10.2 Å². The van der Waals surface area contributed by atoms with Crippen molar-refractivity contribution in [3.05, 3.63) is 77.1 Å². The summed E-state index contributed by atoms with van der Waals surface area (Å²) < 4.78 is 11.3. The lowest BCUT2D eigenvalue weighted by atomic mass is 9.92. The standard InChI is InChI=1S/C23H26N4O3/c1-23(2,3)21-13-18(25-26-21)22(28)27-24-14-17-10-11-19(29-4)20(12-17)30-15-16-8-6-5-7-9-16/h5-14H,15H2,1-4H3,(H,25,26)(H,27,28). The molecule has 2 N–H and O–H groups in total. The molecule has 1 heterocycles. The van der Waals surface area contributed by atoms with Gasteiger partial charge in [-0.1, -0.05) is 51.1 Å². The minimum atomic E-state index is -0.382. The van der Waals surface area contributed by atoms with Gasteiger partial charge in [0.25, 0.3) is 5.91 Å². The average molecular weight is 406 g/mol. The molecule has 1 amide bonds. The second-order valence-corrected chi connectivity index (χ2v) is 7.80. The van der Waals surface area contributed by atoms with E-state index in [1.165, 1.54) is 0 Å². The van der Waals surface area contributed by atoms with Crippen LogP contribution in [-0.2, 0) is 12.0 Å². The summed E-state index contributed by atoms with van der Waals surface area (Å²) in [5, 5.41) is 11.0. The van der Waals surface area contributed by atoms with Crippen molar-refractivity contribution in [1.29, 1.82) is 0 Å². The highest BCUT2D eigenvalue weighted by molar-refractivity contribution is 5.93. The van der Waals surface area contributed by atoms with Crippen LogP contribution >= 0.6 is 0 Å². The Morgan fingerprint density at radius 3 is 2.57 bits per heavy atom. The molecule has 0 bridgehead atoms. The lowest BCUT2D eigenvalue weighted by Gasteiger charge is -2.14. The zero-order valence-electron chi connectivity index (χ0n) is 17.6. The molecule has 0 spiro atoms. The largest absolute Gasteiger partial charge is 0.493 e. The number of rotatable bonds is 7. The van der Waals surface area contributed by atoms with Crippen molar-refractivity contribution in [2.45, 2.75) is 32.8 Å². The van der Waals surface area contributed by atoms with Crippen molar-refractivity contribution in [3.8, 4) is 11.5 Å². The van der Waals surface area contributed by atoms with E-state index in [4.69, 9.17) is 9.47 Å². The average Bonchev–Trinajstić information content (AvgIpc) is 3.24. The number of hydrogen-bond acceptors (Lipinski definition) is 5. The van der Waals surface area contributed by atoms with Crippen molar-refractivity contribution in [1.82, 2.24) is 15.6 Å². The smallest absolute Gasteiger partial charge is 0.291 e. The molecule has 0 unspecified atom stereocenters. The molecule has 0 saturated heterocycles. The van der Waals surface area contributed by atoms with Gasteiger partial charge in [0.15, 0.2) is 17.2 Å². The van der Waals surface area contributed by atoms with Gasteiger partial charge in [-0.3, -0.25) is 9.89 Å². The third kappa shape index (κ3) is 5.47. The second kappa shape index (κ2) is 9.26. The number of nitrogens with zero attached hydrogens (tertiary/aromatic N) is 2. The molecule has 3 rings (SSSR count). The molecule has 7 nitrogen and oxygen atoms in total. The molecule has 0 aliphatic heterocycles. The van der Waals surface area contributed by atoms with E-state index in [2.05, 4.69) is 20.7 Å². The first-order valence-electron chi connectivity index (χ1n) is 9.61. The fourth-order valence-corrected chi connectivity index (χ4v) is 2.67. The first kappa shape index (κ1) is 21.1. The molecule has 0 fully saturated rings. The van der Waals surface area contributed by atoms with E-state index in [0.717, 1.165) is 16.8 Å². The predicted molar refractivity (Wildman–Crippen MR) is 116 cm³/mol. The Labute approximate surface area is 176 Å². The number of amides is 1. The third-order valence-corrected chi connectivity index (χ3v) is 4.42. The van der Waals surface area contributed by atoms with Crippen LogP contribution in [0, 0.1) is 0 Å². The Morgan fingerprint density at radius 2 is 1.90 bits per heavy atom. The molecule has 0 saturated carbocycles. The fraction of sp³-hybridized carbons (Fsp3) is 0.261. The van der Waals surface area contributed by atoms with E-state index in [1.54, 1.807) is 25.5 Å². The SMILES string of the molecule is COc1ccc(C=NNC(=O)c2cc(C(C)(C)C)[nH]n2)cc1OCc1ccccc1. The Bertz CT molecular complexity index is 1020. The highest BCUT2D eigenvalue weighted by Crippen LogP contribution is 2.28. The van der Waals surface area contributed by atoms with E-state index < -0.39 is 0 Å². The zero-order valence-corrected chi connectivity index (χ0v) is 17.6. The van der Waals surface area contributed by atoms with Crippen molar-refractivity contribution in [2.24, 2.45) is 5.10 Å². The fourth-order valence-electron chi connectivity index (χ4n) is 2.67. The van der Waals surface area contributed by atoms with Gasteiger partial charge >= 0.3 is 0 Å². The number of hydrogen-bond donors (Lipinski definition) is 2. The maximum Gasteiger partial charge on any atom is 0.291 e. The molecule has 30 heavy (non-hydrogen) atoms. The Hall–Kier alpha value is -3.61. The van der Waals surface area contributed by atoms with E-state index >= 15 is 0 Å². The number of aromatic amines is 1. The number of nitrogens with one attached hydrogen (secondary N) is 2. The van der Waals surface area contributed by atoms with Crippen molar-refractivity contribution in [3.63, 3.8) is 0 Å². The highest BCUT2D eigenvalue weighted by atomic mass is 16.5. The van der Waals surface area contributed by atoms with Crippen LogP contribution in [-0.4, -0.2) is 29.4 Å². The molecular formula is C23H26N4O3. The van der Waals surface area contributed by atoms with Crippen LogP contribution in [0.1, 0.15) is 48.1 Å². The van der Waals surface area contributed by atoms with Crippen LogP contribution in [0.5, 0.6) is 11.5 Å². The van der Waals surface area contributed by atoms with Crippen LogP contribution < -0.4 is 14.9 Å². The van der Waals surface area contributed by atoms with Crippen molar-refractivity contribution in [2.75, 3.05) is 7.11 Å². The number of ether oxygens (including phenoxy) is 2. The van der Waals surface area contributed by atoms with Crippen LogP contribution in [0.4, 0.5) is 0 Å². The first-order chi connectivity index (χ1) is 14.4. The van der Waals surface area contributed by atoms with Gasteiger partial charge < -0.3 is 9.47 Å². The number of aromatic nitrogens is 2. The van der Waals surface area contributed by atoms with E-state index in [0.29, 0.717) is 23.8 Å². The summed E-state index contributed by atoms with van der Waals surface area (Å²) in [6.07, 6.45) is 1.55. The minimum Gasteiger partial charge on any atom is -0.493 e. The van der Waals surface area contributed by atoms with Crippen LogP contribution in [0.3, 0.4) is 0 Å². The van der Waals surface area contributed by atoms with Crippen molar-refractivity contribution >= 4 is 12.1 Å². The second-order valence-electron chi connectivity index (χ2n) is 7.80. The molecule has 1 aromatic heterocycles. The van der Waals surface area contributed by atoms with E-state index in [-0.39, 0.29) is 11.3 Å². The van der Waals surface area contributed by atoms with E-state index in [1.807, 2.05) is 63.2 Å². The lowest BCUT2D eigenvalue weighted by Crippen LogP contribution is -2.18. The van der Waals surface area contributed by atoms with Gasteiger partial charge in [-0.05, 0) is 35.4 Å². The van der Waals surface area contributed by atoms with Crippen LogP contribution in [0.25, 0.3) is 0 Å². The summed E-state index contributed by atoms with van der Waals surface area (Å²) in [5.41, 5.74) is 5.36. The minimum absolute atomic E-state index is 0.117. The summed E-state index contributed by atoms with van der Waals surface area (Å²) in [6, 6.07) is 17.0. The highest BCUT2D eigenvalue weighted by Gasteiger charge is 2.19. The maximum absolute atomic E-state index is 12.2. The number of benzene rings is 2. The van der Waals surface area contributed by atoms with Crippen LogP contribution in [0.2, 0.25) is 0 Å².